The first-order valence-electron chi connectivity index (χ1n) is 26.9. The number of rotatable bonds is 8. The van der Waals surface area contributed by atoms with Crippen LogP contribution >= 0.6 is 11.3 Å². The number of esters is 2. The molecule has 1 aromatic heterocycles. The van der Waals surface area contributed by atoms with Crippen molar-refractivity contribution >= 4 is 67.5 Å². The minimum absolute atomic E-state index is 0.0364. The number of carbonyl (C=O) groups excluding carboxylic acids is 5. The number of ketones is 1. The van der Waals surface area contributed by atoms with Gasteiger partial charge >= 0.3 is 22.7 Å². The number of nitrogens with one attached hydrogen (secondary N) is 2. The van der Waals surface area contributed by atoms with Gasteiger partial charge in [-0.2, -0.15) is 0 Å². The maximum Gasteiger partial charge on any atom is 0.345 e. The van der Waals surface area contributed by atoms with Crippen LogP contribution in [-0.2, 0) is 28.6 Å². The second-order valence-corrected chi connectivity index (χ2v) is 22.8. The van der Waals surface area contributed by atoms with E-state index in [2.05, 4.69) is 34.4 Å². The number of aliphatic hydroxyl groups excluding tert-OH is 2. The lowest BCUT2D eigenvalue weighted by atomic mass is 9.78. The van der Waals surface area contributed by atoms with Crippen LogP contribution < -0.4 is 30.8 Å². The number of likely N-dealkylation sites (tertiary alicyclic amines) is 1. The van der Waals surface area contributed by atoms with Gasteiger partial charge in [0.05, 0.1) is 51.4 Å². The number of aromatic hydroxyl groups is 2. The van der Waals surface area contributed by atoms with Gasteiger partial charge in [0.2, 0.25) is 0 Å². The van der Waals surface area contributed by atoms with Crippen molar-refractivity contribution < 1.29 is 73.0 Å². The lowest BCUT2D eigenvalue weighted by Crippen LogP contribution is -2.46. The van der Waals surface area contributed by atoms with Crippen molar-refractivity contribution in [3.63, 3.8) is 0 Å². The van der Waals surface area contributed by atoms with Crippen molar-refractivity contribution in [3.8, 4) is 23.0 Å². The number of hydrogen-bond donors (Lipinski definition) is 6. The number of aromatic nitrogens is 1. The third-order valence-corrected chi connectivity index (χ3v) is 16.0. The van der Waals surface area contributed by atoms with Gasteiger partial charge in [-0.15, -0.1) is 0 Å². The summed E-state index contributed by atoms with van der Waals surface area (Å²) >= 11 is 0.734. The molecule has 2 amide bonds. The number of allylic oxidation sites excluding steroid dienone is 2. The number of hydrogen-bond acceptors (Lipinski definition) is 21. The number of phenolic OH excluding ortho intramolecular Hbond substituents is 2. The molecular formula is C58H71N7O16S. The van der Waals surface area contributed by atoms with Crippen molar-refractivity contribution in [3.05, 3.63) is 104 Å². The van der Waals surface area contributed by atoms with E-state index in [0.717, 1.165) is 24.1 Å². The van der Waals surface area contributed by atoms with Crippen molar-refractivity contribution in [1.29, 1.82) is 0 Å². The third-order valence-electron chi connectivity index (χ3n) is 15.2. The Morgan fingerprint density at radius 3 is 2.24 bits per heavy atom. The first-order chi connectivity index (χ1) is 38.6. The number of nitrogens with zero attached hydrogens (tertiary/aromatic N) is 5. The van der Waals surface area contributed by atoms with Crippen LogP contribution in [0.5, 0.6) is 23.0 Å². The van der Waals surface area contributed by atoms with Gasteiger partial charge in [-0.1, -0.05) is 71.9 Å². The highest BCUT2D eigenvalue weighted by Gasteiger charge is 2.50. The molecule has 4 aliphatic heterocycles. The quantitative estimate of drug-likeness (QED) is 0.0341. The molecule has 1 spiro atoms. The molecule has 23 nitrogen and oxygen atoms in total. The number of nitro groups is 1. The van der Waals surface area contributed by atoms with Gasteiger partial charge in [-0.05, 0) is 49.3 Å². The monoisotopic (exact) mass is 1150 g/mol. The van der Waals surface area contributed by atoms with E-state index in [4.69, 9.17) is 33.7 Å². The van der Waals surface area contributed by atoms with Crippen molar-refractivity contribution in [2.24, 2.45) is 39.6 Å². The summed E-state index contributed by atoms with van der Waals surface area (Å²) in [5.41, 5.74) is -0.442. The summed E-state index contributed by atoms with van der Waals surface area (Å²) in [6.45, 7) is 20.7. The van der Waals surface area contributed by atoms with Crippen LogP contribution in [0, 0.1) is 46.6 Å². The molecule has 8 rings (SSSR count). The SMILES string of the molecule is CC(=O)Oc1ccccc1C(=O)Nc1ncc([N+](=O)[O-])s1.CO[C@H]1/C=C/O[C@@]2(C)Oc3c(C)c(O)c4c(O)c(c5c(c4c3C2=O)=NC2(CCN(CC(C)C)CC2)N=5)NC(=O)/C(C)=C\C=C\[C@H](C)[C@H](O)[C@@H](C)[C@@H](O)[C@@H](C)[C@H](OC(C)=O)[C@@H]1C. The van der Waals surface area contributed by atoms with Gasteiger partial charge in [0.15, 0.2) is 16.5 Å². The summed E-state index contributed by atoms with van der Waals surface area (Å²) in [5, 5.41) is 63.0. The highest BCUT2D eigenvalue weighted by Crippen LogP contribution is 2.50. The molecule has 82 heavy (non-hydrogen) atoms. The van der Waals surface area contributed by atoms with Crippen molar-refractivity contribution in [1.82, 2.24) is 9.88 Å². The number of methoxy groups -OCH3 is 1. The number of benzene rings is 3. The molecule has 4 bridgehead atoms. The van der Waals surface area contributed by atoms with Gasteiger partial charge in [-0.25, -0.2) is 4.98 Å². The molecule has 4 aromatic rings. The first kappa shape index (κ1) is 62.0. The molecular weight excluding hydrogens is 1080 g/mol. The largest absolute Gasteiger partial charge is 0.507 e. The number of fused-ring (bicyclic) bond motifs is 1. The number of ether oxygens (including phenoxy) is 5. The first-order valence-corrected chi connectivity index (χ1v) is 27.7. The summed E-state index contributed by atoms with van der Waals surface area (Å²) < 4.78 is 28.9. The summed E-state index contributed by atoms with van der Waals surface area (Å²) in [6.07, 6.45) is 6.09. The highest BCUT2D eigenvalue weighted by atomic mass is 32.1. The van der Waals surface area contributed by atoms with Gasteiger partial charge in [0.25, 0.3) is 17.6 Å². The van der Waals surface area contributed by atoms with Crippen LogP contribution in [0.2, 0.25) is 0 Å². The number of piperidine rings is 1. The molecule has 3 aromatic carbocycles. The third kappa shape index (κ3) is 13.0. The van der Waals surface area contributed by atoms with Gasteiger partial charge in [0.1, 0.15) is 40.6 Å². The Morgan fingerprint density at radius 1 is 0.951 bits per heavy atom. The maximum atomic E-state index is 14.7. The van der Waals surface area contributed by atoms with E-state index >= 15 is 0 Å². The molecule has 0 saturated carbocycles. The van der Waals surface area contributed by atoms with Gasteiger partial charge in [0, 0.05) is 101 Å². The smallest absolute Gasteiger partial charge is 0.345 e. The summed E-state index contributed by atoms with van der Waals surface area (Å²) in [7, 11) is 1.47. The van der Waals surface area contributed by atoms with Crippen LogP contribution in [0.15, 0.2) is 76.6 Å². The van der Waals surface area contributed by atoms with E-state index in [1.807, 2.05) is 0 Å². The Balaban J connectivity index is 0.000000385. The molecule has 0 radical (unpaired) electrons. The summed E-state index contributed by atoms with van der Waals surface area (Å²) in [6, 6.07) is 6.16. The predicted octanol–water partition coefficient (Wildman–Crippen LogP) is 6.98. The minimum atomic E-state index is -1.96. The highest BCUT2D eigenvalue weighted by molar-refractivity contribution is 7.18. The zero-order chi connectivity index (χ0) is 60.3. The second-order valence-electron chi connectivity index (χ2n) is 21.8. The second kappa shape index (κ2) is 25.2. The Labute approximate surface area is 477 Å². The van der Waals surface area contributed by atoms with Crippen LogP contribution in [0.4, 0.5) is 15.8 Å². The fourth-order valence-corrected chi connectivity index (χ4v) is 11.3. The average molecular weight is 1150 g/mol. The van der Waals surface area contributed by atoms with Crippen molar-refractivity contribution in [2.45, 2.75) is 125 Å². The topological polar surface area (TPSA) is 320 Å². The molecule has 4 aliphatic rings. The summed E-state index contributed by atoms with van der Waals surface area (Å²) in [4.78, 5) is 90.4. The Hall–Kier alpha value is -7.64. The normalized spacial score (nSPS) is 26.8. The molecule has 1 fully saturated rings. The molecule has 9 atom stereocenters. The number of para-hydroxylation sites is 1. The van der Waals surface area contributed by atoms with E-state index in [1.54, 1.807) is 78.0 Å². The number of aliphatic hydroxyl groups is 2. The fourth-order valence-electron chi connectivity index (χ4n) is 10.7. The van der Waals surface area contributed by atoms with E-state index in [-0.39, 0.29) is 76.8 Å². The number of thiazole rings is 1. The predicted molar refractivity (Wildman–Crippen MR) is 302 cm³/mol. The average Bonchev–Trinajstić information content (AvgIpc) is 1.67. The molecule has 1 saturated heterocycles. The zero-order valence-electron chi connectivity index (χ0n) is 47.8. The van der Waals surface area contributed by atoms with E-state index in [9.17, 15) is 54.5 Å². The number of carbonyl (C=O) groups is 5. The maximum absolute atomic E-state index is 14.7. The zero-order valence-corrected chi connectivity index (χ0v) is 48.7. The van der Waals surface area contributed by atoms with Crippen molar-refractivity contribution in [2.75, 3.05) is 37.4 Å². The minimum Gasteiger partial charge on any atom is -0.507 e. The molecule has 0 aliphatic carbocycles. The standard InChI is InChI=1S/C46H62N4O11.C12H9N3O5S/c1-22(2)21-50-18-16-46(17-19-50)48-34-31-32-39(54)28(8)42-33(31)43(56)45(10,61-42)59-20-15-30(58-11)25(5)41(60-29(9)51)27(7)38(53)26(6)37(52)23(3)13-12-14-24(4)44(57)47-36(40(32)55)35(34)49-46;1-7(16)20-9-5-3-2-4-8(9)11(17)14-12-13-6-10(21-12)15(18)19/h12-15,20,22-23,25-27,30,37-38,41,52-55H,16-19,21H2,1-11H3,(H,47,57);2-6H,1H3,(H,13,14,17)/b13-12+,20-15+,24-14-;/t23-,25+,26+,27+,30-,37-,38+,41+,45-;/m0./s1. The number of amides is 2. The molecule has 440 valence electrons. The molecule has 5 heterocycles. The van der Waals surface area contributed by atoms with E-state index in [0.29, 0.717) is 31.8 Å². The lowest BCUT2D eigenvalue weighted by molar-refractivity contribution is -0.380. The Bertz CT molecular complexity index is 3390. The molecule has 0 unspecified atom stereocenters. The lowest BCUT2D eigenvalue weighted by Gasteiger charge is -2.38. The van der Waals surface area contributed by atoms with E-state index < -0.39 is 99.7 Å². The van der Waals surface area contributed by atoms with Gasteiger partial charge < -0.3 is 54.3 Å². The van der Waals surface area contributed by atoms with Crippen LogP contribution in [0.1, 0.15) is 108 Å². The fraction of sp³-hybridized carbons (Fsp3) is 0.483. The van der Waals surface area contributed by atoms with Crippen LogP contribution in [0.3, 0.4) is 0 Å². The Morgan fingerprint density at radius 2 is 1.62 bits per heavy atom. The number of anilines is 2. The van der Waals surface area contributed by atoms with Gasteiger partial charge in [-0.3, -0.25) is 49.4 Å². The van der Waals surface area contributed by atoms with Crippen LogP contribution in [0.25, 0.3) is 10.8 Å². The number of phenols is 2. The van der Waals surface area contributed by atoms with Crippen LogP contribution in [-0.4, -0.2) is 127 Å². The molecule has 24 heteroatoms. The summed E-state index contributed by atoms with van der Waals surface area (Å²) in [5.74, 6) is -7.47. The number of Topliss-reactive ketones (excluding diaryl/α,β-unsaturated/α-hetero) is 1. The Kier molecular flexibility index (Phi) is 19.1. The van der Waals surface area contributed by atoms with E-state index in [1.165, 1.54) is 46.3 Å². The molecule has 6 N–H and O–H groups in total.